The highest BCUT2D eigenvalue weighted by molar-refractivity contribution is 5.86. The van der Waals surface area contributed by atoms with Gasteiger partial charge >= 0.3 is 24.2 Å². The second-order valence-corrected chi connectivity index (χ2v) is 1.81. The van der Waals surface area contributed by atoms with E-state index >= 15 is 0 Å². The van der Waals surface area contributed by atoms with E-state index in [1.54, 1.807) is 10.2 Å². The Hall–Kier alpha value is -1.48. The van der Waals surface area contributed by atoms with Crippen molar-refractivity contribution < 1.29 is 35.9 Å². The van der Waals surface area contributed by atoms with E-state index < -0.39 is 24.2 Å². The zero-order valence-corrected chi connectivity index (χ0v) is 5.98. The Morgan fingerprint density at radius 3 is 1.07 bits per heavy atom. The smallest absolute Gasteiger partial charge is 0.260 e. The van der Waals surface area contributed by atoms with Crippen molar-refractivity contribution in [1.29, 1.82) is 0 Å². The summed E-state index contributed by atoms with van der Waals surface area (Å²) >= 11 is 0. The maximum absolute atomic E-state index is 11.3. The minimum absolute atomic E-state index is 1.55. The van der Waals surface area contributed by atoms with E-state index in [0.717, 1.165) is 0 Å². The van der Waals surface area contributed by atoms with Gasteiger partial charge in [0, 0.05) is 0 Å². The fourth-order valence-corrected chi connectivity index (χ4v) is 0.204. The summed E-state index contributed by atoms with van der Waals surface area (Å²) in [5.74, 6) is -5.76. The molecular formula is C4F6N2O2. The molecule has 0 spiro atoms. The standard InChI is InChI=1S/C4F6N2O2/c5-3(6,7)1(13)11-12-2(14)4(8,9)10. The SMILES string of the molecule is O=C(N=NC(=O)C(F)(F)F)C(F)(F)F. The van der Waals surface area contributed by atoms with Crippen LogP contribution in [-0.4, -0.2) is 24.2 Å². The average molecular weight is 222 g/mol. The quantitative estimate of drug-likeness (QED) is 0.461. The Morgan fingerprint density at radius 2 is 0.929 bits per heavy atom. The molecule has 0 aromatic rings. The molecule has 14 heavy (non-hydrogen) atoms. The molecule has 4 nitrogen and oxygen atoms in total. The fraction of sp³-hybridized carbons (Fsp3) is 0.500. The summed E-state index contributed by atoms with van der Waals surface area (Å²) in [4.78, 5) is 19.6. The van der Waals surface area contributed by atoms with Gasteiger partial charge in [-0.1, -0.05) is 10.2 Å². The second kappa shape index (κ2) is 3.72. The monoisotopic (exact) mass is 222 g/mol. The van der Waals surface area contributed by atoms with Gasteiger partial charge in [-0.2, -0.15) is 26.3 Å². The Morgan fingerprint density at radius 1 is 0.714 bits per heavy atom. The van der Waals surface area contributed by atoms with Gasteiger partial charge in [-0.15, -0.1) is 0 Å². The first-order valence-electron chi connectivity index (χ1n) is 2.69. The largest absolute Gasteiger partial charge is 0.475 e. The first-order chi connectivity index (χ1) is 6.05. The Bertz CT molecular complexity index is 249. The summed E-state index contributed by atoms with van der Waals surface area (Å²) in [6, 6.07) is 0. The lowest BCUT2D eigenvalue weighted by Crippen LogP contribution is -2.23. The maximum atomic E-state index is 11.3. The normalized spacial score (nSPS) is 13.3. The Balaban J connectivity index is 4.49. The van der Waals surface area contributed by atoms with Gasteiger partial charge in [0.2, 0.25) is 0 Å². The maximum Gasteiger partial charge on any atom is 0.475 e. The van der Waals surface area contributed by atoms with Crippen molar-refractivity contribution in [2.75, 3.05) is 0 Å². The lowest BCUT2D eigenvalue weighted by Gasteiger charge is -1.99. The highest BCUT2D eigenvalue weighted by atomic mass is 19.4. The van der Waals surface area contributed by atoms with Crippen LogP contribution in [0.2, 0.25) is 0 Å². The van der Waals surface area contributed by atoms with Gasteiger partial charge in [0.25, 0.3) is 0 Å². The summed E-state index contributed by atoms with van der Waals surface area (Å²) in [5, 5.41) is 3.11. The molecule has 0 aromatic carbocycles. The molecule has 0 aliphatic heterocycles. The van der Waals surface area contributed by atoms with Crippen LogP contribution in [0, 0.1) is 0 Å². The summed E-state index contributed by atoms with van der Waals surface area (Å²) in [6.45, 7) is 0. The number of rotatable bonds is 0. The zero-order chi connectivity index (χ0) is 11.6. The minimum Gasteiger partial charge on any atom is -0.260 e. The molecule has 0 saturated heterocycles. The zero-order valence-electron chi connectivity index (χ0n) is 5.98. The third kappa shape index (κ3) is 3.96. The molecule has 0 unspecified atom stereocenters. The van der Waals surface area contributed by atoms with Crippen LogP contribution in [0.3, 0.4) is 0 Å². The van der Waals surface area contributed by atoms with Crippen molar-refractivity contribution >= 4 is 11.8 Å². The molecule has 0 bridgehead atoms. The fourth-order valence-electron chi connectivity index (χ4n) is 0.204. The third-order valence-corrected chi connectivity index (χ3v) is 0.717. The van der Waals surface area contributed by atoms with E-state index in [4.69, 9.17) is 0 Å². The molecule has 0 radical (unpaired) electrons. The molecule has 0 aromatic heterocycles. The number of halogens is 6. The molecule has 10 heteroatoms. The highest BCUT2D eigenvalue weighted by Gasteiger charge is 2.42. The number of azo groups is 1. The van der Waals surface area contributed by atoms with Crippen molar-refractivity contribution in [3.63, 3.8) is 0 Å². The lowest BCUT2D eigenvalue weighted by atomic mass is 10.6. The van der Waals surface area contributed by atoms with E-state index in [0.29, 0.717) is 0 Å². The molecule has 0 fully saturated rings. The van der Waals surface area contributed by atoms with E-state index in [-0.39, 0.29) is 0 Å². The van der Waals surface area contributed by atoms with Crippen LogP contribution < -0.4 is 0 Å². The average Bonchev–Trinajstić information content (AvgIpc) is 1.95. The van der Waals surface area contributed by atoms with E-state index in [1.165, 1.54) is 0 Å². The predicted octanol–water partition coefficient (Wildman–Crippen LogP) is 1.62. The number of alkyl halides is 6. The van der Waals surface area contributed by atoms with Gasteiger partial charge in [-0.25, -0.2) is 0 Å². The van der Waals surface area contributed by atoms with Crippen molar-refractivity contribution in [2.45, 2.75) is 12.4 Å². The highest BCUT2D eigenvalue weighted by Crippen LogP contribution is 2.19. The van der Waals surface area contributed by atoms with Gasteiger partial charge in [-0.3, -0.25) is 9.59 Å². The molecular weight excluding hydrogens is 222 g/mol. The van der Waals surface area contributed by atoms with Gasteiger partial charge in [0.05, 0.1) is 0 Å². The summed E-state index contributed by atoms with van der Waals surface area (Å²) in [6.07, 6.45) is -10.9. The minimum atomic E-state index is -5.45. The molecule has 0 aliphatic carbocycles. The number of nitrogens with zero attached hydrogens (tertiary/aromatic N) is 2. The number of hydrogen-bond donors (Lipinski definition) is 0. The van der Waals surface area contributed by atoms with Crippen LogP contribution in [0.25, 0.3) is 0 Å². The van der Waals surface area contributed by atoms with E-state index in [2.05, 4.69) is 0 Å². The number of carbonyl (C=O) groups is 2. The van der Waals surface area contributed by atoms with Crippen LogP contribution in [0.1, 0.15) is 0 Å². The van der Waals surface area contributed by atoms with Crippen molar-refractivity contribution in [2.24, 2.45) is 10.2 Å². The van der Waals surface area contributed by atoms with E-state index in [1.807, 2.05) is 0 Å². The molecule has 0 saturated carbocycles. The first kappa shape index (κ1) is 12.5. The summed E-state index contributed by atoms with van der Waals surface area (Å²) in [5.41, 5.74) is 0. The van der Waals surface area contributed by atoms with Crippen LogP contribution >= 0.6 is 0 Å². The second-order valence-electron chi connectivity index (χ2n) is 1.81. The lowest BCUT2D eigenvalue weighted by molar-refractivity contribution is -0.174. The van der Waals surface area contributed by atoms with Crippen LogP contribution in [-0.2, 0) is 9.59 Å². The predicted molar refractivity (Wildman–Crippen MR) is 27.0 cm³/mol. The molecule has 2 amide bonds. The van der Waals surface area contributed by atoms with Crippen molar-refractivity contribution in [3.8, 4) is 0 Å². The van der Waals surface area contributed by atoms with Gasteiger partial charge in [0.1, 0.15) is 0 Å². The third-order valence-electron chi connectivity index (χ3n) is 0.717. The molecule has 0 aliphatic rings. The Labute approximate surface area is 71.6 Å². The molecule has 80 valence electrons. The first-order valence-corrected chi connectivity index (χ1v) is 2.69. The van der Waals surface area contributed by atoms with Crippen LogP contribution in [0.15, 0.2) is 10.2 Å². The van der Waals surface area contributed by atoms with Gasteiger partial charge in [0.15, 0.2) is 0 Å². The summed E-state index contributed by atoms with van der Waals surface area (Å²) in [7, 11) is 0. The van der Waals surface area contributed by atoms with Crippen molar-refractivity contribution in [1.82, 2.24) is 0 Å². The van der Waals surface area contributed by atoms with Crippen LogP contribution in [0.5, 0.6) is 0 Å². The Kier molecular flexibility index (Phi) is 3.32. The molecule has 0 heterocycles. The number of carbonyl (C=O) groups excluding carboxylic acids is 2. The number of hydrogen-bond acceptors (Lipinski definition) is 2. The van der Waals surface area contributed by atoms with Crippen LogP contribution in [0.4, 0.5) is 26.3 Å². The molecule has 0 rings (SSSR count). The summed E-state index contributed by atoms with van der Waals surface area (Å²) < 4.78 is 67.8. The van der Waals surface area contributed by atoms with Crippen molar-refractivity contribution in [3.05, 3.63) is 0 Å². The molecule has 0 N–H and O–H groups in total. The van der Waals surface area contributed by atoms with E-state index in [9.17, 15) is 35.9 Å². The number of amides is 2. The topological polar surface area (TPSA) is 58.9 Å². The van der Waals surface area contributed by atoms with Gasteiger partial charge < -0.3 is 0 Å². The molecule has 0 atom stereocenters. The van der Waals surface area contributed by atoms with Gasteiger partial charge in [-0.05, 0) is 0 Å².